The topological polar surface area (TPSA) is 43.7 Å². The number of rotatable bonds is 3. The van der Waals surface area contributed by atoms with Crippen molar-refractivity contribution in [3.05, 3.63) is 41.2 Å². The summed E-state index contributed by atoms with van der Waals surface area (Å²) in [7, 11) is 3.92. The van der Waals surface area contributed by atoms with E-state index < -0.39 is 17.2 Å². The van der Waals surface area contributed by atoms with Crippen LogP contribution in [-0.4, -0.2) is 35.8 Å². The van der Waals surface area contributed by atoms with E-state index in [2.05, 4.69) is 6.08 Å². The monoisotopic (exact) mass is 291 g/mol. The van der Waals surface area contributed by atoms with Gasteiger partial charge in [0.05, 0.1) is 0 Å². The molecule has 0 radical (unpaired) electrons. The molecule has 1 fully saturated rings. The highest BCUT2D eigenvalue weighted by Crippen LogP contribution is 2.52. The molecule has 2 bridgehead atoms. The van der Waals surface area contributed by atoms with Crippen LogP contribution >= 0.6 is 0 Å². The molecule has 2 N–H and O–H groups in total. The number of aromatic hydroxyl groups is 1. The lowest BCUT2D eigenvalue weighted by Gasteiger charge is -2.44. The summed E-state index contributed by atoms with van der Waals surface area (Å²) in [6.07, 6.45) is 4.71. The summed E-state index contributed by atoms with van der Waals surface area (Å²) in [4.78, 5) is 2.02. The van der Waals surface area contributed by atoms with E-state index in [9.17, 15) is 14.6 Å². The van der Waals surface area contributed by atoms with E-state index in [0.29, 0.717) is 18.9 Å². The molecule has 2 aliphatic carbocycles. The summed E-state index contributed by atoms with van der Waals surface area (Å²) >= 11 is 0. The van der Waals surface area contributed by atoms with Crippen LogP contribution in [0.2, 0.25) is 0 Å². The van der Waals surface area contributed by atoms with Crippen LogP contribution in [-0.2, 0) is 5.60 Å². The van der Waals surface area contributed by atoms with Crippen molar-refractivity contribution >= 4 is 0 Å². The van der Waals surface area contributed by atoms with Crippen molar-refractivity contribution in [3.63, 3.8) is 0 Å². The predicted octanol–water partition coefficient (Wildman–Crippen LogP) is 2.64. The summed E-state index contributed by atoms with van der Waals surface area (Å²) in [5.41, 5.74) is 0.218. The van der Waals surface area contributed by atoms with Crippen LogP contribution in [0.15, 0.2) is 29.8 Å². The van der Waals surface area contributed by atoms with E-state index in [-0.39, 0.29) is 11.5 Å². The fourth-order valence-electron chi connectivity index (χ4n) is 3.93. The van der Waals surface area contributed by atoms with Crippen LogP contribution in [0.3, 0.4) is 0 Å². The van der Waals surface area contributed by atoms with Crippen molar-refractivity contribution < 1.29 is 14.6 Å². The van der Waals surface area contributed by atoms with Crippen molar-refractivity contribution in [2.45, 2.75) is 24.9 Å². The van der Waals surface area contributed by atoms with Gasteiger partial charge in [0.25, 0.3) is 0 Å². The number of phenols is 1. The molecule has 3 unspecified atom stereocenters. The maximum atomic E-state index is 14.4. The molecule has 2 aliphatic rings. The molecule has 0 saturated heterocycles. The van der Waals surface area contributed by atoms with Gasteiger partial charge in [-0.15, -0.1) is 0 Å². The van der Waals surface area contributed by atoms with Crippen LogP contribution in [0.1, 0.15) is 24.8 Å². The summed E-state index contributed by atoms with van der Waals surface area (Å²) in [6, 6.07) is 4.52. The molecule has 0 amide bonds. The molecule has 0 heterocycles. The van der Waals surface area contributed by atoms with E-state index in [1.165, 1.54) is 11.6 Å². The lowest BCUT2D eigenvalue weighted by atomic mass is 9.67. The van der Waals surface area contributed by atoms with Gasteiger partial charge in [0.1, 0.15) is 5.60 Å². The Balaban J connectivity index is 2.07. The van der Waals surface area contributed by atoms with Crippen LogP contribution < -0.4 is 0 Å². The molecule has 0 aliphatic heterocycles. The number of halogens is 1. The molecule has 3 nitrogen and oxygen atoms in total. The fourth-order valence-corrected chi connectivity index (χ4v) is 3.93. The van der Waals surface area contributed by atoms with Gasteiger partial charge in [-0.3, -0.25) is 0 Å². The first-order valence-corrected chi connectivity index (χ1v) is 7.46. The molecule has 21 heavy (non-hydrogen) atoms. The summed E-state index contributed by atoms with van der Waals surface area (Å²) in [5.74, 6) is -0.824. The molecule has 0 aromatic heterocycles. The Bertz CT molecular complexity index is 584. The Labute approximate surface area is 124 Å². The smallest absolute Gasteiger partial charge is 0.170 e. The average molecular weight is 291 g/mol. The maximum absolute atomic E-state index is 14.4. The first-order valence-electron chi connectivity index (χ1n) is 7.46. The third-order valence-corrected chi connectivity index (χ3v) is 4.85. The minimum Gasteiger partial charge on any atom is -0.505 e. The van der Waals surface area contributed by atoms with Gasteiger partial charge in [-0.05, 0) is 45.3 Å². The molecule has 1 aromatic carbocycles. The number of benzene rings is 1. The SMILES string of the molecule is CN(C)CC1C2=CCC(C2)CC1(O)c1cccc(O)c1F. The van der Waals surface area contributed by atoms with Gasteiger partial charge in [0, 0.05) is 18.0 Å². The zero-order chi connectivity index (χ0) is 15.2. The zero-order valence-corrected chi connectivity index (χ0v) is 12.5. The fraction of sp³-hybridized carbons (Fsp3) is 0.529. The molecular formula is C17H22FNO2. The lowest BCUT2D eigenvalue weighted by molar-refractivity contribution is -0.0534. The molecular weight excluding hydrogens is 269 g/mol. The van der Waals surface area contributed by atoms with Crippen LogP contribution in [0, 0.1) is 17.7 Å². The number of nitrogens with zero attached hydrogens (tertiary/aromatic N) is 1. The van der Waals surface area contributed by atoms with Gasteiger partial charge in [-0.25, -0.2) is 4.39 Å². The standard InChI is InChI=1S/C17H22FNO2/c1-19(2)10-14-12-7-6-11(8-12)9-17(14,21)13-4-3-5-15(20)16(13)18/h3-5,7,11,14,20-21H,6,8-10H2,1-2H3. The van der Waals surface area contributed by atoms with Crippen molar-refractivity contribution in [2.75, 3.05) is 20.6 Å². The Morgan fingerprint density at radius 1 is 1.38 bits per heavy atom. The molecule has 4 heteroatoms. The highest BCUT2D eigenvalue weighted by molar-refractivity contribution is 5.38. The average Bonchev–Trinajstić information content (AvgIpc) is 2.81. The highest BCUT2D eigenvalue weighted by atomic mass is 19.1. The first-order chi connectivity index (χ1) is 9.91. The Morgan fingerprint density at radius 2 is 2.14 bits per heavy atom. The Hall–Kier alpha value is -1.39. The molecule has 3 atom stereocenters. The normalized spacial score (nSPS) is 31.6. The van der Waals surface area contributed by atoms with E-state index >= 15 is 0 Å². The van der Waals surface area contributed by atoms with Gasteiger partial charge < -0.3 is 15.1 Å². The molecule has 114 valence electrons. The van der Waals surface area contributed by atoms with Crippen molar-refractivity contribution in [2.24, 2.45) is 11.8 Å². The number of phenolic OH excluding ortho intramolecular Hbond substituents is 1. The van der Waals surface area contributed by atoms with E-state index in [1.807, 2.05) is 19.0 Å². The minimum atomic E-state index is -1.24. The number of aliphatic hydroxyl groups is 1. The van der Waals surface area contributed by atoms with Gasteiger partial charge in [-0.2, -0.15) is 0 Å². The van der Waals surface area contributed by atoms with E-state index in [4.69, 9.17) is 0 Å². The Morgan fingerprint density at radius 3 is 2.86 bits per heavy atom. The second-order valence-corrected chi connectivity index (χ2v) is 6.67. The second-order valence-electron chi connectivity index (χ2n) is 6.67. The summed E-state index contributed by atoms with van der Waals surface area (Å²) < 4.78 is 14.4. The van der Waals surface area contributed by atoms with Crippen LogP contribution in [0.25, 0.3) is 0 Å². The van der Waals surface area contributed by atoms with E-state index in [0.717, 1.165) is 12.8 Å². The highest BCUT2D eigenvalue weighted by Gasteiger charge is 2.49. The number of allylic oxidation sites excluding steroid dienone is 1. The molecule has 1 saturated carbocycles. The number of hydrogen-bond donors (Lipinski definition) is 2. The van der Waals surface area contributed by atoms with Crippen molar-refractivity contribution in [1.29, 1.82) is 0 Å². The third kappa shape index (κ3) is 2.36. The van der Waals surface area contributed by atoms with Crippen LogP contribution in [0.4, 0.5) is 4.39 Å². The second kappa shape index (κ2) is 5.11. The largest absolute Gasteiger partial charge is 0.505 e. The van der Waals surface area contributed by atoms with Gasteiger partial charge >= 0.3 is 0 Å². The van der Waals surface area contributed by atoms with Crippen molar-refractivity contribution in [1.82, 2.24) is 4.90 Å². The maximum Gasteiger partial charge on any atom is 0.170 e. The number of hydrogen-bond acceptors (Lipinski definition) is 3. The van der Waals surface area contributed by atoms with Gasteiger partial charge in [-0.1, -0.05) is 23.8 Å². The number of fused-ring (bicyclic) bond motifs is 2. The van der Waals surface area contributed by atoms with Gasteiger partial charge in [0.2, 0.25) is 0 Å². The Kier molecular flexibility index (Phi) is 3.54. The molecule has 3 rings (SSSR count). The van der Waals surface area contributed by atoms with Crippen molar-refractivity contribution in [3.8, 4) is 5.75 Å². The lowest BCUT2D eigenvalue weighted by Crippen LogP contribution is -2.45. The predicted molar refractivity (Wildman–Crippen MR) is 79.4 cm³/mol. The molecule has 0 spiro atoms. The van der Waals surface area contributed by atoms with Crippen LogP contribution in [0.5, 0.6) is 5.75 Å². The quantitative estimate of drug-likeness (QED) is 0.841. The van der Waals surface area contributed by atoms with Gasteiger partial charge in [0.15, 0.2) is 11.6 Å². The minimum absolute atomic E-state index is 0.123. The summed E-state index contributed by atoms with van der Waals surface area (Å²) in [5, 5.41) is 21.0. The third-order valence-electron chi connectivity index (χ3n) is 4.85. The summed E-state index contributed by atoms with van der Waals surface area (Å²) in [6.45, 7) is 0.671. The van der Waals surface area contributed by atoms with E-state index in [1.54, 1.807) is 12.1 Å². The first kappa shape index (κ1) is 14.5. The molecule has 1 aromatic rings. The zero-order valence-electron chi connectivity index (χ0n) is 12.5.